The van der Waals surface area contributed by atoms with E-state index in [1.807, 2.05) is 23.9 Å². The predicted octanol–water partition coefficient (Wildman–Crippen LogP) is 3.63. The van der Waals surface area contributed by atoms with Crippen LogP contribution in [0.1, 0.15) is 45.2 Å². The molecule has 0 amide bonds. The molecule has 0 saturated carbocycles. The topological polar surface area (TPSA) is 87.9 Å². The summed E-state index contributed by atoms with van der Waals surface area (Å²) >= 11 is 0. The minimum Gasteiger partial charge on any atom is -0.394 e. The first kappa shape index (κ1) is 20.1. The van der Waals surface area contributed by atoms with Crippen molar-refractivity contribution in [3.05, 3.63) is 42.2 Å². The number of rotatable bonds is 10. The second-order valence-electron chi connectivity index (χ2n) is 7.26. The minimum atomic E-state index is -0.0706. The van der Waals surface area contributed by atoms with Crippen LogP contribution in [0, 0.1) is 0 Å². The van der Waals surface area contributed by atoms with Crippen molar-refractivity contribution in [3.8, 4) is 0 Å². The van der Waals surface area contributed by atoms with E-state index in [9.17, 15) is 5.11 Å². The molecule has 3 N–H and O–H groups in total. The molecule has 0 unspecified atom stereocenters. The fourth-order valence-electron chi connectivity index (χ4n) is 3.09. The largest absolute Gasteiger partial charge is 0.394 e. The smallest absolute Gasteiger partial charge is 0.227 e. The third-order valence-corrected chi connectivity index (χ3v) is 4.80. The zero-order valence-corrected chi connectivity index (χ0v) is 16.9. The summed E-state index contributed by atoms with van der Waals surface area (Å²) in [6.07, 6.45) is 4.61. The Labute approximate surface area is 166 Å². The average molecular weight is 383 g/mol. The summed E-state index contributed by atoms with van der Waals surface area (Å²) in [6, 6.07) is 10.6. The molecule has 1 aromatic carbocycles. The number of nitrogens with one attached hydrogen (secondary N) is 2. The number of benzene rings is 1. The summed E-state index contributed by atoms with van der Waals surface area (Å²) in [5, 5.41) is 16.2. The van der Waals surface area contributed by atoms with Gasteiger partial charge in [0.1, 0.15) is 0 Å². The lowest BCUT2D eigenvalue weighted by Gasteiger charge is -2.16. The van der Waals surface area contributed by atoms with Crippen LogP contribution in [0.2, 0.25) is 0 Å². The Morgan fingerprint density at radius 2 is 1.93 bits per heavy atom. The lowest BCUT2D eigenvalue weighted by atomic mass is 10.1. The van der Waals surface area contributed by atoms with Gasteiger partial charge >= 0.3 is 0 Å². The highest BCUT2D eigenvalue weighted by atomic mass is 16.3. The van der Waals surface area contributed by atoms with Crippen molar-refractivity contribution in [2.75, 3.05) is 23.8 Å². The minimum absolute atomic E-state index is 0.0428. The quantitative estimate of drug-likeness (QED) is 0.464. The third-order valence-electron chi connectivity index (χ3n) is 4.80. The van der Waals surface area contributed by atoms with Crippen LogP contribution in [0.15, 0.2) is 36.7 Å². The van der Waals surface area contributed by atoms with Gasteiger partial charge in [0.2, 0.25) is 5.95 Å². The molecule has 7 nitrogen and oxygen atoms in total. The lowest BCUT2D eigenvalue weighted by Crippen LogP contribution is -2.24. The van der Waals surface area contributed by atoms with Gasteiger partial charge in [-0.25, -0.2) is 4.98 Å². The van der Waals surface area contributed by atoms with Crippen molar-refractivity contribution in [2.24, 2.45) is 0 Å². The van der Waals surface area contributed by atoms with E-state index in [1.54, 1.807) is 0 Å². The number of aliphatic hydroxyl groups excluding tert-OH is 1. The van der Waals surface area contributed by atoms with Gasteiger partial charge in [0.15, 0.2) is 17.0 Å². The highest BCUT2D eigenvalue weighted by Crippen LogP contribution is 2.23. The fourth-order valence-corrected chi connectivity index (χ4v) is 3.09. The number of aryl methyl sites for hydroxylation is 1. The molecule has 0 aliphatic rings. The molecule has 7 heteroatoms. The number of hydrogen-bond donors (Lipinski definition) is 3. The Bertz CT molecular complexity index is 873. The number of hydrogen-bond acceptors (Lipinski definition) is 6. The summed E-state index contributed by atoms with van der Waals surface area (Å²) in [7, 11) is 0. The third kappa shape index (κ3) is 4.78. The molecule has 2 aromatic heterocycles. The van der Waals surface area contributed by atoms with Gasteiger partial charge < -0.3 is 20.3 Å². The Kier molecular flexibility index (Phi) is 6.81. The molecular weight excluding hydrogens is 352 g/mol. The summed E-state index contributed by atoms with van der Waals surface area (Å²) in [6.45, 7) is 7.07. The Morgan fingerprint density at radius 1 is 1.14 bits per heavy atom. The van der Waals surface area contributed by atoms with Crippen LogP contribution in [0.3, 0.4) is 0 Å². The molecule has 0 saturated heterocycles. The predicted molar refractivity (Wildman–Crippen MR) is 114 cm³/mol. The molecule has 150 valence electrons. The zero-order valence-electron chi connectivity index (χ0n) is 16.9. The van der Waals surface area contributed by atoms with Crippen molar-refractivity contribution in [1.82, 2.24) is 19.5 Å². The zero-order chi connectivity index (χ0) is 19.9. The summed E-state index contributed by atoms with van der Waals surface area (Å²) in [5.74, 6) is 1.24. The second kappa shape index (κ2) is 9.50. The molecule has 3 aromatic rings. The maximum Gasteiger partial charge on any atom is 0.227 e. The van der Waals surface area contributed by atoms with E-state index in [0.717, 1.165) is 42.8 Å². The number of imidazole rings is 1. The van der Waals surface area contributed by atoms with E-state index >= 15 is 0 Å². The molecule has 2 heterocycles. The van der Waals surface area contributed by atoms with E-state index in [1.165, 1.54) is 5.56 Å². The van der Waals surface area contributed by atoms with Crippen molar-refractivity contribution >= 4 is 22.9 Å². The average Bonchev–Trinajstić information content (AvgIpc) is 3.14. The standard InChI is InChI=1S/C21H30N6O/c1-4-17(13-28)24-21-25-19(18-20(26-21)27(14-23-18)15(2)3)22-12-8-11-16-9-6-5-7-10-16/h5-7,9-10,14-15,17,28H,4,8,11-13H2,1-3H3,(H2,22,24,25,26)/t17-/m1/s1. The molecule has 1 atom stereocenters. The van der Waals surface area contributed by atoms with E-state index in [4.69, 9.17) is 0 Å². The first-order valence-electron chi connectivity index (χ1n) is 10.0. The SMILES string of the molecule is CC[C@H](CO)Nc1nc(NCCCc2ccccc2)c2ncn(C(C)C)c2n1. The monoisotopic (exact) mass is 382 g/mol. The Hall–Kier alpha value is -2.67. The maximum absolute atomic E-state index is 9.50. The van der Waals surface area contributed by atoms with E-state index in [-0.39, 0.29) is 18.7 Å². The number of fused-ring (bicyclic) bond motifs is 1. The van der Waals surface area contributed by atoms with Crippen LogP contribution in [0.25, 0.3) is 11.2 Å². The molecule has 28 heavy (non-hydrogen) atoms. The number of aliphatic hydroxyl groups is 1. The normalized spacial score (nSPS) is 12.5. The second-order valence-corrected chi connectivity index (χ2v) is 7.26. The lowest BCUT2D eigenvalue weighted by molar-refractivity contribution is 0.271. The van der Waals surface area contributed by atoms with Gasteiger partial charge in [-0.1, -0.05) is 37.3 Å². The number of anilines is 2. The number of aromatic nitrogens is 4. The van der Waals surface area contributed by atoms with Gasteiger partial charge in [-0.2, -0.15) is 9.97 Å². The molecule has 0 aliphatic heterocycles. The molecule has 0 aliphatic carbocycles. The van der Waals surface area contributed by atoms with Crippen LogP contribution in [-0.4, -0.2) is 43.8 Å². The number of nitrogens with zero attached hydrogens (tertiary/aromatic N) is 4. The van der Waals surface area contributed by atoms with Gasteiger partial charge in [-0.3, -0.25) is 0 Å². The highest BCUT2D eigenvalue weighted by Gasteiger charge is 2.16. The van der Waals surface area contributed by atoms with Crippen LogP contribution in [-0.2, 0) is 6.42 Å². The van der Waals surface area contributed by atoms with Crippen molar-refractivity contribution < 1.29 is 5.11 Å². The summed E-state index contributed by atoms with van der Waals surface area (Å²) in [5.41, 5.74) is 2.90. The molecule has 0 radical (unpaired) electrons. The van der Waals surface area contributed by atoms with Crippen molar-refractivity contribution in [2.45, 2.75) is 52.1 Å². The molecule has 0 fully saturated rings. The molecule has 0 bridgehead atoms. The maximum atomic E-state index is 9.50. The van der Waals surface area contributed by atoms with Crippen LogP contribution in [0.4, 0.5) is 11.8 Å². The van der Waals surface area contributed by atoms with Crippen molar-refractivity contribution in [1.29, 1.82) is 0 Å². The van der Waals surface area contributed by atoms with Crippen LogP contribution < -0.4 is 10.6 Å². The summed E-state index contributed by atoms with van der Waals surface area (Å²) in [4.78, 5) is 13.8. The van der Waals surface area contributed by atoms with Crippen LogP contribution in [0.5, 0.6) is 0 Å². The molecular formula is C21H30N6O. The fraction of sp³-hybridized carbons (Fsp3) is 0.476. The highest BCUT2D eigenvalue weighted by molar-refractivity contribution is 5.84. The molecule has 0 spiro atoms. The van der Waals surface area contributed by atoms with E-state index < -0.39 is 0 Å². The van der Waals surface area contributed by atoms with Crippen LogP contribution >= 0.6 is 0 Å². The first-order valence-corrected chi connectivity index (χ1v) is 10.0. The van der Waals surface area contributed by atoms with Crippen molar-refractivity contribution in [3.63, 3.8) is 0 Å². The summed E-state index contributed by atoms with van der Waals surface area (Å²) < 4.78 is 2.04. The van der Waals surface area contributed by atoms with E-state index in [0.29, 0.717) is 5.95 Å². The van der Waals surface area contributed by atoms with Gasteiger partial charge in [0.05, 0.1) is 19.0 Å². The Balaban J connectivity index is 1.78. The van der Waals surface area contributed by atoms with E-state index in [2.05, 4.69) is 63.7 Å². The van der Waals surface area contributed by atoms with Gasteiger partial charge in [-0.15, -0.1) is 0 Å². The Morgan fingerprint density at radius 3 is 2.61 bits per heavy atom. The molecule has 3 rings (SSSR count). The van der Waals surface area contributed by atoms with Gasteiger partial charge in [0.25, 0.3) is 0 Å². The van der Waals surface area contributed by atoms with Gasteiger partial charge in [0, 0.05) is 12.6 Å². The van der Waals surface area contributed by atoms with Gasteiger partial charge in [-0.05, 0) is 38.7 Å². The first-order chi connectivity index (χ1) is 13.6.